The van der Waals surface area contributed by atoms with Gasteiger partial charge in [-0.3, -0.25) is 9.78 Å². The smallest absolute Gasteiger partial charge is 0.350 e. The summed E-state index contributed by atoms with van der Waals surface area (Å²) in [6.07, 6.45) is 0.742. The number of carbonyl (C=O) groups is 3. The summed E-state index contributed by atoms with van der Waals surface area (Å²) in [6, 6.07) is 3.05. The first kappa shape index (κ1) is 17.8. The summed E-state index contributed by atoms with van der Waals surface area (Å²) >= 11 is 0. The van der Waals surface area contributed by atoms with Crippen LogP contribution in [0.2, 0.25) is 0 Å². The molecule has 0 aliphatic rings. The van der Waals surface area contributed by atoms with Gasteiger partial charge in [0.05, 0.1) is 19.6 Å². The van der Waals surface area contributed by atoms with Gasteiger partial charge in [0.15, 0.2) is 5.78 Å². The fraction of sp³-hybridized carbons (Fsp3) is 0.467. The zero-order valence-electron chi connectivity index (χ0n) is 12.8. The van der Waals surface area contributed by atoms with Crippen molar-refractivity contribution in [1.82, 2.24) is 4.98 Å². The van der Waals surface area contributed by atoms with Crippen LogP contribution in [0.5, 0.6) is 0 Å². The Balaban J connectivity index is 3.08. The molecule has 0 unspecified atom stereocenters. The summed E-state index contributed by atoms with van der Waals surface area (Å²) < 4.78 is 9.37. The molecule has 120 valence electrons. The summed E-state index contributed by atoms with van der Waals surface area (Å²) in [5, 5.41) is 10.3. The fourth-order valence-electron chi connectivity index (χ4n) is 1.84. The number of pyridine rings is 1. The quantitative estimate of drug-likeness (QED) is 0.452. The first-order valence-corrected chi connectivity index (χ1v) is 6.88. The fourth-order valence-corrected chi connectivity index (χ4v) is 1.84. The molecule has 1 N–H and O–H groups in total. The lowest BCUT2D eigenvalue weighted by Gasteiger charge is -2.23. The van der Waals surface area contributed by atoms with Crippen molar-refractivity contribution < 1.29 is 29.0 Å². The van der Waals surface area contributed by atoms with Crippen LogP contribution < -0.4 is 0 Å². The Labute approximate surface area is 128 Å². The van der Waals surface area contributed by atoms with E-state index in [2.05, 4.69) is 14.5 Å². The minimum Gasteiger partial charge on any atom is -0.463 e. The Hall–Kier alpha value is -2.28. The molecule has 0 aromatic carbocycles. The molecule has 0 saturated heterocycles. The highest BCUT2D eigenvalue weighted by molar-refractivity contribution is 6.10. The summed E-state index contributed by atoms with van der Waals surface area (Å²) in [6.45, 7) is 4.58. The van der Waals surface area contributed by atoms with Crippen LogP contribution >= 0.6 is 0 Å². The molecule has 0 fully saturated rings. The lowest BCUT2D eigenvalue weighted by atomic mass is 9.93. The van der Waals surface area contributed by atoms with Gasteiger partial charge in [-0.05, 0) is 32.9 Å². The number of aromatic nitrogens is 1. The number of rotatable bonds is 7. The second-order valence-corrected chi connectivity index (χ2v) is 4.54. The summed E-state index contributed by atoms with van der Waals surface area (Å²) in [5.74, 6) is -3.01. The molecular formula is C15H19NO6. The van der Waals surface area contributed by atoms with E-state index in [0.29, 0.717) is 5.69 Å². The highest BCUT2D eigenvalue weighted by Gasteiger charge is 2.49. The average molecular weight is 309 g/mol. The zero-order chi connectivity index (χ0) is 16.8. The van der Waals surface area contributed by atoms with Crippen molar-refractivity contribution in [2.45, 2.75) is 32.8 Å². The molecule has 7 heteroatoms. The van der Waals surface area contributed by atoms with Crippen molar-refractivity contribution >= 4 is 17.7 Å². The Kier molecular flexibility index (Phi) is 6.18. The van der Waals surface area contributed by atoms with E-state index in [1.54, 1.807) is 13.0 Å². The van der Waals surface area contributed by atoms with Gasteiger partial charge in [0.2, 0.25) is 0 Å². The van der Waals surface area contributed by atoms with E-state index < -0.39 is 29.7 Å². The van der Waals surface area contributed by atoms with Crippen molar-refractivity contribution in [1.29, 1.82) is 0 Å². The van der Waals surface area contributed by atoms with Crippen molar-refractivity contribution in [3.05, 3.63) is 29.6 Å². The van der Waals surface area contributed by atoms with Crippen molar-refractivity contribution in [3.8, 4) is 0 Å². The Morgan fingerprint density at radius 1 is 1.18 bits per heavy atom. The Morgan fingerprint density at radius 3 is 2.18 bits per heavy atom. The van der Waals surface area contributed by atoms with Gasteiger partial charge in [-0.15, -0.1) is 0 Å². The maximum Gasteiger partial charge on any atom is 0.350 e. The highest BCUT2D eigenvalue weighted by Crippen LogP contribution is 2.20. The molecular weight excluding hydrogens is 290 g/mol. The van der Waals surface area contributed by atoms with Gasteiger partial charge in [0, 0.05) is 17.5 Å². The van der Waals surface area contributed by atoms with Gasteiger partial charge in [-0.25, -0.2) is 9.59 Å². The van der Waals surface area contributed by atoms with Crippen molar-refractivity contribution in [2.75, 3.05) is 13.2 Å². The lowest BCUT2D eigenvalue weighted by Crippen LogP contribution is -2.50. The Bertz CT molecular complexity index is 551. The zero-order valence-corrected chi connectivity index (χ0v) is 12.8. The SMILES string of the molecule is CCOC(=O)C(O)(CC(=O)c1cccnc1C)C(=O)OCC. The van der Waals surface area contributed by atoms with E-state index in [4.69, 9.17) is 0 Å². The van der Waals surface area contributed by atoms with Crippen LogP contribution in [-0.4, -0.2) is 46.6 Å². The van der Waals surface area contributed by atoms with Crippen LogP contribution in [-0.2, 0) is 19.1 Å². The van der Waals surface area contributed by atoms with E-state index in [1.165, 1.54) is 26.1 Å². The topological polar surface area (TPSA) is 103 Å². The van der Waals surface area contributed by atoms with E-state index in [0.717, 1.165) is 0 Å². The molecule has 0 aliphatic carbocycles. The molecule has 1 aromatic heterocycles. The predicted octanol–water partition coefficient (Wildman–Crippen LogP) is 0.820. The van der Waals surface area contributed by atoms with E-state index >= 15 is 0 Å². The number of ketones is 1. The summed E-state index contributed by atoms with van der Waals surface area (Å²) in [4.78, 5) is 40.0. The molecule has 7 nitrogen and oxygen atoms in total. The van der Waals surface area contributed by atoms with Crippen LogP contribution in [0, 0.1) is 6.92 Å². The van der Waals surface area contributed by atoms with Gasteiger partial charge >= 0.3 is 11.9 Å². The van der Waals surface area contributed by atoms with Crippen LogP contribution in [0.3, 0.4) is 0 Å². The number of ether oxygens (including phenoxy) is 2. The third-order valence-corrected chi connectivity index (χ3v) is 2.95. The number of esters is 2. The normalized spacial score (nSPS) is 10.9. The molecule has 1 rings (SSSR count). The molecule has 1 aromatic rings. The minimum absolute atomic E-state index is 0.0410. The lowest BCUT2D eigenvalue weighted by molar-refractivity contribution is -0.182. The first-order valence-electron chi connectivity index (χ1n) is 6.88. The van der Waals surface area contributed by atoms with Gasteiger partial charge in [0.25, 0.3) is 5.60 Å². The maximum atomic E-state index is 12.3. The number of hydrogen-bond donors (Lipinski definition) is 1. The summed E-state index contributed by atoms with van der Waals surface area (Å²) in [7, 11) is 0. The number of carbonyl (C=O) groups excluding carboxylic acids is 3. The monoisotopic (exact) mass is 309 g/mol. The standard InChI is InChI=1S/C15H19NO6/c1-4-21-13(18)15(20,14(19)22-5-2)9-12(17)11-7-6-8-16-10(11)3/h6-8,20H,4-5,9H2,1-3H3. The van der Waals surface area contributed by atoms with E-state index in [9.17, 15) is 19.5 Å². The number of nitrogens with zero attached hydrogens (tertiary/aromatic N) is 1. The maximum absolute atomic E-state index is 12.3. The van der Waals surface area contributed by atoms with Gasteiger partial charge in [-0.2, -0.15) is 0 Å². The molecule has 0 aliphatic heterocycles. The Morgan fingerprint density at radius 2 is 1.73 bits per heavy atom. The second kappa shape index (κ2) is 7.65. The predicted molar refractivity (Wildman–Crippen MR) is 76.1 cm³/mol. The third-order valence-electron chi connectivity index (χ3n) is 2.95. The largest absolute Gasteiger partial charge is 0.463 e. The number of Topliss-reactive ketones (excluding diaryl/α,β-unsaturated/α-hetero) is 1. The van der Waals surface area contributed by atoms with Crippen molar-refractivity contribution in [2.24, 2.45) is 0 Å². The molecule has 0 amide bonds. The molecule has 0 saturated carbocycles. The second-order valence-electron chi connectivity index (χ2n) is 4.54. The molecule has 0 bridgehead atoms. The van der Waals surface area contributed by atoms with Crippen LogP contribution in [0.25, 0.3) is 0 Å². The molecule has 0 atom stereocenters. The van der Waals surface area contributed by atoms with Crippen molar-refractivity contribution in [3.63, 3.8) is 0 Å². The van der Waals surface area contributed by atoms with E-state index in [-0.39, 0.29) is 18.8 Å². The van der Waals surface area contributed by atoms with Crippen LogP contribution in [0.1, 0.15) is 36.3 Å². The van der Waals surface area contributed by atoms with Gasteiger partial charge in [-0.1, -0.05) is 0 Å². The average Bonchev–Trinajstić information content (AvgIpc) is 2.47. The third kappa shape index (κ3) is 3.88. The highest BCUT2D eigenvalue weighted by atomic mass is 16.6. The number of aliphatic hydroxyl groups is 1. The van der Waals surface area contributed by atoms with Gasteiger partial charge < -0.3 is 14.6 Å². The van der Waals surface area contributed by atoms with Crippen LogP contribution in [0.15, 0.2) is 18.3 Å². The molecule has 0 radical (unpaired) electrons. The minimum atomic E-state index is -2.66. The van der Waals surface area contributed by atoms with Crippen LogP contribution in [0.4, 0.5) is 0 Å². The number of hydrogen-bond acceptors (Lipinski definition) is 7. The molecule has 22 heavy (non-hydrogen) atoms. The number of aryl methyl sites for hydroxylation is 1. The van der Waals surface area contributed by atoms with E-state index in [1.807, 2.05) is 0 Å². The van der Waals surface area contributed by atoms with Gasteiger partial charge in [0.1, 0.15) is 0 Å². The summed E-state index contributed by atoms with van der Waals surface area (Å²) in [5.41, 5.74) is -2.01. The molecule has 1 heterocycles. The first-order chi connectivity index (χ1) is 10.4. The molecule has 0 spiro atoms.